The summed E-state index contributed by atoms with van der Waals surface area (Å²) >= 11 is 0. The van der Waals surface area contributed by atoms with Gasteiger partial charge in [0.25, 0.3) is 0 Å². The average Bonchev–Trinajstić information content (AvgIpc) is 3.27. The second-order valence-electron chi connectivity index (χ2n) is 6.25. The molecule has 104 valence electrons. The molecule has 19 heavy (non-hydrogen) atoms. The van der Waals surface area contributed by atoms with Crippen LogP contribution in [-0.4, -0.2) is 19.2 Å². The molecule has 2 nitrogen and oxygen atoms in total. The van der Waals surface area contributed by atoms with Crippen LogP contribution in [0.5, 0.6) is 5.75 Å². The van der Waals surface area contributed by atoms with Gasteiger partial charge in [-0.2, -0.15) is 0 Å². The zero-order valence-corrected chi connectivity index (χ0v) is 12.1. The summed E-state index contributed by atoms with van der Waals surface area (Å²) in [5.41, 5.74) is 2.63. The normalized spacial score (nSPS) is 18.9. The molecule has 1 aromatic carbocycles. The second-order valence-corrected chi connectivity index (χ2v) is 6.25. The summed E-state index contributed by atoms with van der Waals surface area (Å²) < 4.78 is 5.83. The molecule has 1 N–H and O–H groups in total. The first-order chi connectivity index (χ1) is 9.24. The van der Waals surface area contributed by atoms with Crippen LogP contribution in [0.15, 0.2) is 18.2 Å². The second kappa shape index (κ2) is 5.54. The Morgan fingerprint density at radius 1 is 1.11 bits per heavy atom. The Kier molecular flexibility index (Phi) is 3.79. The quantitative estimate of drug-likeness (QED) is 0.757. The fraction of sp³-hybridized carbons (Fsp3) is 0.647. The predicted molar refractivity (Wildman–Crippen MR) is 78.6 cm³/mol. The van der Waals surface area contributed by atoms with Gasteiger partial charge in [0.15, 0.2) is 0 Å². The smallest absolute Gasteiger partial charge is 0.119 e. The lowest BCUT2D eigenvalue weighted by molar-refractivity contribution is 0.293. The van der Waals surface area contributed by atoms with Gasteiger partial charge in [-0.05, 0) is 74.6 Å². The van der Waals surface area contributed by atoms with Crippen molar-refractivity contribution in [2.75, 3.05) is 13.2 Å². The SMILES string of the molecule is Cc1ccc(OCCNC(C2CC2)C2CC2)cc1C. The van der Waals surface area contributed by atoms with Crippen LogP contribution >= 0.6 is 0 Å². The molecule has 0 spiro atoms. The summed E-state index contributed by atoms with van der Waals surface area (Å²) in [7, 11) is 0. The molecule has 2 aliphatic rings. The molecule has 2 fully saturated rings. The van der Waals surface area contributed by atoms with E-state index in [-0.39, 0.29) is 0 Å². The molecule has 1 aromatic rings. The fourth-order valence-corrected chi connectivity index (χ4v) is 2.83. The third-order valence-electron chi connectivity index (χ3n) is 4.49. The average molecular weight is 259 g/mol. The van der Waals surface area contributed by atoms with Crippen molar-refractivity contribution in [1.82, 2.24) is 5.32 Å². The van der Waals surface area contributed by atoms with E-state index in [1.165, 1.54) is 36.8 Å². The Morgan fingerprint density at radius 3 is 2.37 bits per heavy atom. The summed E-state index contributed by atoms with van der Waals surface area (Å²) in [4.78, 5) is 0. The minimum atomic E-state index is 0.776. The highest BCUT2D eigenvalue weighted by atomic mass is 16.5. The molecular formula is C17H25NO. The largest absolute Gasteiger partial charge is 0.492 e. The molecule has 2 aliphatic carbocycles. The number of nitrogens with one attached hydrogen (secondary N) is 1. The standard InChI is InChI=1S/C17H25NO/c1-12-3-8-16(11-13(12)2)19-10-9-18-17(14-4-5-14)15-6-7-15/h3,8,11,14-15,17-18H,4-7,9-10H2,1-2H3. The van der Waals surface area contributed by atoms with E-state index in [4.69, 9.17) is 4.74 Å². The van der Waals surface area contributed by atoms with E-state index in [1.807, 2.05) is 0 Å². The van der Waals surface area contributed by atoms with E-state index in [0.29, 0.717) is 0 Å². The monoisotopic (exact) mass is 259 g/mol. The first kappa shape index (κ1) is 13.0. The minimum Gasteiger partial charge on any atom is -0.492 e. The maximum atomic E-state index is 5.83. The Labute approximate surface area is 116 Å². The van der Waals surface area contributed by atoms with Gasteiger partial charge in [-0.3, -0.25) is 0 Å². The van der Waals surface area contributed by atoms with Crippen molar-refractivity contribution < 1.29 is 4.74 Å². The molecule has 0 aliphatic heterocycles. The Bertz CT molecular complexity index is 423. The van der Waals surface area contributed by atoms with Crippen LogP contribution < -0.4 is 10.1 Å². The van der Waals surface area contributed by atoms with E-state index in [2.05, 4.69) is 37.4 Å². The van der Waals surface area contributed by atoms with E-state index < -0.39 is 0 Å². The molecule has 0 saturated heterocycles. The van der Waals surface area contributed by atoms with Crippen LogP contribution in [0, 0.1) is 25.7 Å². The van der Waals surface area contributed by atoms with Crippen LogP contribution in [0.2, 0.25) is 0 Å². The lowest BCUT2D eigenvalue weighted by Gasteiger charge is -2.17. The number of hydrogen-bond donors (Lipinski definition) is 1. The zero-order chi connectivity index (χ0) is 13.2. The van der Waals surface area contributed by atoms with Crippen molar-refractivity contribution in [2.45, 2.75) is 45.6 Å². The van der Waals surface area contributed by atoms with Gasteiger partial charge < -0.3 is 10.1 Å². The molecule has 3 rings (SSSR count). The van der Waals surface area contributed by atoms with Gasteiger partial charge >= 0.3 is 0 Å². The molecule has 0 bridgehead atoms. The summed E-state index contributed by atoms with van der Waals surface area (Å²) in [6.07, 6.45) is 5.75. The fourth-order valence-electron chi connectivity index (χ4n) is 2.83. The molecule has 0 unspecified atom stereocenters. The summed E-state index contributed by atoms with van der Waals surface area (Å²) in [5.74, 6) is 2.93. The summed E-state index contributed by atoms with van der Waals surface area (Å²) in [5, 5.41) is 3.71. The zero-order valence-electron chi connectivity index (χ0n) is 12.1. The lowest BCUT2D eigenvalue weighted by atomic mass is 10.1. The first-order valence-corrected chi connectivity index (χ1v) is 7.67. The maximum Gasteiger partial charge on any atom is 0.119 e. The highest BCUT2D eigenvalue weighted by Gasteiger charge is 2.40. The highest BCUT2D eigenvalue weighted by Crippen LogP contribution is 2.44. The Balaban J connectivity index is 1.41. The molecule has 2 saturated carbocycles. The van der Waals surface area contributed by atoms with E-state index in [9.17, 15) is 0 Å². The van der Waals surface area contributed by atoms with Crippen LogP contribution in [0.4, 0.5) is 0 Å². The molecule has 0 radical (unpaired) electrons. The van der Waals surface area contributed by atoms with Gasteiger partial charge in [-0.25, -0.2) is 0 Å². The third-order valence-corrected chi connectivity index (χ3v) is 4.49. The van der Waals surface area contributed by atoms with Crippen LogP contribution in [0.25, 0.3) is 0 Å². The van der Waals surface area contributed by atoms with Crippen molar-refractivity contribution in [1.29, 1.82) is 0 Å². The number of aryl methyl sites for hydroxylation is 2. The van der Waals surface area contributed by atoms with Crippen molar-refractivity contribution in [3.8, 4) is 5.75 Å². The molecule has 2 heteroatoms. The van der Waals surface area contributed by atoms with Crippen molar-refractivity contribution >= 4 is 0 Å². The molecule has 0 aromatic heterocycles. The third kappa shape index (κ3) is 3.50. The summed E-state index contributed by atoms with van der Waals surface area (Å²) in [6, 6.07) is 7.12. The predicted octanol–water partition coefficient (Wildman–Crippen LogP) is 3.46. The van der Waals surface area contributed by atoms with Gasteiger partial charge in [0.05, 0.1) is 0 Å². The van der Waals surface area contributed by atoms with Crippen LogP contribution in [0.1, 0.15) is 36.8 Å². The van der Waals surface area contributed by atoms with Crippen LogP contribution in [0.3, 0.4) is 0 Å². The number of hydrogen-bond acceptors (Lipinski definition) is 2. The van der Waals surface area contributed by atoms with Gasteiger partial charge in [-0.1, -0.05) is 6.07 Å². The maximum absolute atomic E-state index is 5.83. The lowest BCUT2D eigenvalue weighted by Crippen LogP contribution is -2.36. The number of rotatable bonds is 7. The van der Waals surface area contributed by atoms with Crippen molar-refractivity contribution in [3.63, 3.8) is 0 Å². The minimum absolute atomic E-state index is 0.776. The molecule has 0 amide bonds. The van der Waals surface area contributed by atoms with E-state index in [1.54, 1.807) is 0 Å². The Hall–Kier alpha value is -1.02. The van der Waals surface area contributed by atoms with Crippen molar-refractivity contribution in [3.05, 3.63) is 29.3 Å². The number of ether oxygens (including phenoxy) is 1. The number of benzene rings is 1. The topological polar surface area (TPSA) is 21.3 Å². The molecule has 0 atom stereocenters. The summed E-state index contributed by atoms with van der Waals surface area (Å²) in [6.45, 7) is 6.02. The van der Waals surface area contributed by atoms with E-state index >= 15 is 0 Å². The van der Waals surface area contributed by atoms with Crippen molar-refractivity contribution in [2.24, 2.45) is 11.8 Å². The van der Waals surface area contributed by atoms with Gasteiger partial charge in [0.1, 0.15) is 12.4 Å². The highest BCUT2D eigenvalue weighted by molar-refractivity contribution is 5.33. The first-order valence-electron chi connectivity index (χ1n) is 7.67. The van der Waals surface area contributed by atoms with E-state index in [0.717, 1.165) is 36.8 Å². The van der Waals surface area contributed by atoms with Gasteiger partial charge in [0, 0.05) is 12.6 Å². The Morgan fingerprint density at radius 2 is 1.79 bits per heavy atom. The van der Waals surface area contributed by atoms with Gasteiger partial charge in [-0.15, -0.1) is 0 Å². The van der Waals surface area contributed by atoms with Gasteiger partial charge in [0.2, 0.25) is 0 Å². The van der Waals surface area contributed by atoms with Crippen LogP contribution in [-0.2, 0) is 0 Å². The molecule has 0 heterocycles. The molecular weight excluding hydrogens is 234 g/mol.